The van der Waals surface area contributed by atoms with Crippen LogP contribution in [0.15, 0.2) is 28.8 Å². The number of carbonyl (C=O) groups is 1. The SMILES string of the molecule is CC(C)c1cc([C@@H]2CCCN2C(=O)Nc2ccc3c(c2)OCCO3)on1. The van der Waals surface area contributed by atoms with Gasteiger partial charge >= 0.3 is 6.03 Å². The topological polar surface area (TPSA) is 76.8 Å². The van der Waals surface area contributed by atoms with E-state index in [4.69, 9.17) is 14.0 Å². The highest BCUT2D eigenvalue weighted by atomic mass is 16.6. The Morgan fingerprint density at radius 3 is 2.81 bits per heavy atom. The molecule has 1 aromatic heterocycles. The first-order valence-corrected chi connectivity index (χ1v) is 9.05. The molecule has 138 valence electrons. The van der Waals surface area contributed by atoms with Crippen molar-refractivity contribution in [3.05, 3.63) is 35.7 Å². The summed E-state index contributed by atoms with van der Waals surface area (Å²) in [6.07, 6.45) is 1.82. The van der Waals surface area contributed by atoms with E-state index in [9.17, 15) is 4.79 Å². The molecule has 1 aromatic carbocycles. The molecule has 0 saturated carbocycles. The van der Waals surface area contributed by atoms with Gasteiger partial charge in [-0.05, 0) is 30.9 Å². The van der Waals surface area contributed by atoms with Crippen LogP contribution in [0.4, 0.5) is 10.5 Å². The first kappa shape index (κ1) is 16.8. The Labute approximate surface area is 152 Å². The molecule has 1 saturated heterocycles. The number of rotatable bonds is 3. The van der Waals surface area contributed by atoms with E-state index in [1.54, 1.807) is 11.0 Å². The predicted octanol–water partition coefficient (Wildman–Crippen LogP) is 3.94. The van der Waals surface area contributed by atoms with Gasteiger partial charge in [-0.25, -0.2) is 4.79 Å². The van der Waals surface area contributed by atoms with Crippen molar-refractivity contribution in [2.45, 2.75) is 38.6 Å². The summed E-state index contributed by atoms with van der Waals surface area (Å²) in [6, 6.07) is 7.17. The quantitative estimate of drug-likeness (QED) is 0.900. The highest BCUT2D eigenvalue weighted by Crippen LogP contribution is 2.35. The highest BCUT2D eigenvalue weighted by Gasteiger charge is 2.33. The number of likely N-dealkylation sites (tertiary alicyclic amines) is 1. The van der Waals surface area contributed by atoms with Crippen LogP contribution in [-0.2, 0) is 0 Å². The smallest absolute Gasteiger partial charge is 0.322 e. The lowest BCUT2D eigenvalue weighted by Gasteiger charge is -2.24. The first-order chi connectivity index (χ1) is 12.6. The van der Waals surface area contributed by atoms with Gasteiger partial charge in [0.1, 0.15) is 13.2 Å². The van der Waals surface area contributed by atoms with E-state index in [1.807, 2.05) is 18.2 Å². The summed E-state index contributed by atoms with van der Waals surface area (Å²) in [5.41, 5.74) is 1.60. The molecule has 0 unspecified atom stereocenters. The number of fused-ring (bicyclic) bond motifs is 1. The zero-order chi connectivity index (χ0) is 18.1. The minimum Gasteiger partial charge on any atom is -0.486 e. The number of hydrogen-bond acceptors (Lipinski definition) is 5. The molecule has 4 rings (SSSR count). The van der Waals surface area contributed by atoms with Crippen molar-refractivity contribution < 1.29 is 18.8 Å². The van der Waals surface area contributed by atoms with Gasteiger partial charge in [0.25, 0.3) is 0 Å². The van der Waals surface area contributed by atoms with Gasteiger partial charge < -0.3 is 24.2 Å². The average molecular weight is 357 g/mol. The van der Waals surface area contributed by atoms with Crippen LogP contribution >= 0.6 is 0 Å². The number of nitrogens with one attached hydrogen (secondary N) is 1. The molecule has 1 N–H and O–H groups in total. The summed E-state index contributed by atoms with van der Waals surface area (Å²) in [6.45, 7) is 5.90. The Bertz CT molecular complexity index is 802. The fourth-order valence-electron chi connectivity index (χ4n) is 3.35. The Kier molecular flexibility index (Phi) is 4.44. The summed E-state index contributed by atoms with van der Waals surface area (Å²) >= 11 is 0. The molecule has 2 amide bonds. The number of anilines is 1. The van der Waals surface area contributed by atoms with Gasteiger partial charge in [0.2, 0.25) is 0 Å². The molecule has 0 radical (unpaired) electrons. The van der Waals surface area contributed by atoms with Gasteiger partial charge in [-0.3, -0.25) is 0 Å². The Hall–Kier alpha value is -2.70. The van der Waals surface area contributed by atoms with E-state index in [1.165, 1.54) is 0 Å². The molecule has 7 nitrogen and oxygen atoms in total. The second kappa shape index (κ2) is 6.90. The third-order valence-electron chi connectivity index (χ3n) is 4.77. The van der Waals surface area contributed by atoms with Crippen LogP contribution < -0.4 is 14.8 Å². The predicted molar refractivity (Wildman–Crippen MR) is 95.7 cm³/mol. The maximum absolute atomic E-state index is 12.8. The maximum atomic E-state index is 12.8. The van der Waals surface area contributed by atoms with Gasteiger partial charge in [-0.2, -0.15) is 0 Å². The summed E-state index contributed by atoms with van der Waals surface area (Å²) in [4.78, 5) is 14.6. The lowest BCUT2D eigenvalue weighted by Crippen LogP contribution is -2.34. The third kappa shape index (κ3) is 3.21. The zero-order valence-electron chi connectivity index (χ0n) is 15.0. The van der Waals surface area contributed by atoms with E-state index in [0.29, 0.717) is 42.9 Å². The van der Waals surface area contributed by atoms with E-state index < -0.39 is 0 Å². The fraction of sp³-hybridized carbons (Fsp3) is 0.474. The second-order valence-corrected chi connectivity index (χ2v) is 6.95. The van der Waals surface area contributed by atoms with Crippen molar-refractivity contribution >= 4 is 11.7 Å². The van der Waals surface area contributed by atoms with Gasteiger partial charge in [0.05, 0.1) is 11.7 Å². The lowest BCUT2D eigenvalue weighted by atomic mass is 10.1. The van der Waals surface area contributed by atoms with Gasteiger partial charge in [0.15, 0.2) is 17.3 Å². The Morgan fingerprint density at radius 1 is 1.23 bits per heavy atom. The number of amides is 2. The highest BCUT2D eigenvalue weighted by molar-refractivity contribution is 5.90. The number of carbonyl (C=O) groups excluding carboxylic acids is 1. The van der Waals surface area contributed by atoms with Crippen LogP contribution in [0.2, 0.25) is 0 Å². The maximum Gasteiger partial charge on any atom is 0.322 e. The standard InChI is InChI=1S/C19H23N3O4/c1-12(2)14-11-17(26-21-14)15-4-3-7-22(15)19(23)20-13-5-6-16-18(10-13)25-9-8-24-16/h5-6,10-12,15H,3-4,7-9H2,1-2H3,(H,20,23)/t15-/m0/s1. The molecule has 2 aromatic rings. The summed E-state index contributed by atoms with van der Waals surface area (Å²) in [7, 11) is 0. The van der Waals surface area contributed by atoms with E-state index in [2.05, 4.69) is 24.3 Å². The van der Waals surface area contributed by atoms with Crippen LogP contribution in [0.5, 0.6) is 11.5 Å². The van der Waals surface area contributed by atoms with Crippen molar-refractivity contribution in [1.29, 1.82) is 0 Å². The number of aromatic nitrogens is 1. The third-order valence-corrected chi connectivity index (χ3v) is 4.77. The van der Waals surface area contributed by atoms with E-state index >= 15 is 0 Å². The fourth-order valence-corrected chi connectivity index (χ4v) is 3.35. The van der Waals surface area contributed by atoms with Crippen LogP contribution in [0.1, 0.15) is 50.1 Å². The molecule has 2 aliphatic rings. The number of urea groups is 1. The normalized spacial score (nSPS) is 19.0. The van der Waals surface area contributed by atoms with Crippen LogP contribution in [0.25, 0.3) is 0 Å². The van der Waals surface area contributed by atoms with Crippen molar-refractivity contribution in [3.8, 4) is 11.5 Å². The monoisotopic (exact) mass is 357 g/mol. The molecule has 1 atom stereocenters. The molecule has 3 heterocycles. The molecule has 0 spiro atoms. The molecule has 1 fully saturated rings. The number of ether oxygens (including phenoxy) is 2. The number of benzene rings is 1. The largest absolute Gasteiger partial charge is 0.486 e. The van der Waals surface area contributed by atoms with Crippen LogP contribution in [-0.4, -0.2) is 35.8 Å². The molecule has 0 aliphatic carbocycles. The van der Waals surface area contributed by atoms with Crippen molar-refractivity contribution in [3.63, 3.8) is 0 Å². The van der Waals surface area contributed by atoms with Gasteiger partial charge in [-0.15, -0.1) is 0 Å². The van der Waals surface area contributed by atoms with Crippen molar-refractivity contribution in [2.75, 3.05) is 25.1 Å². The zero-order valence-corrected chi connectivity index (χ0v) is 15.0. The van der Waals surface area contributed by atoms with Crippen LogP contribution in [0.3, 0.4) is 0 Å². The van der Waals surface area contributed by atoms with Crippen molar-refractivity contribution in [2.24, 2.45) is 0 Å². The molecule has 26 heavy (non-hydrogen) atoms. The van der Waals surface area contributed by atoms with Gasteiger partial charge in [-0.1, -0.05) is 19.0 Å². The summed E-state index contributed by atoms with van der Waals surface area (Å²) in [5.74, 6) is 2.41. The van der Waals surface area contributed by atoms with E-state index in [0.717, 1.165) is 24.3 Å². The van der Waals surface area contributed by atoms with Gasteiger partial charge in [0, 0.05) is 24.4 Å². The average Bonchev–Trinajstić information content (AvgIpc) is 3.30. The molecular formula is C19H23N3O4. The summed E-state index contributed by atoms with van der Waals surface area (Å²) < 4.78 is 16.6. The van der Waals surface area contributed by atoms with Crippen LogP contribution in [0, 0.1) is 0 Å². The molecule has 7 heteroatoms. The van der Waals surface area contributed by atoms with Crippen molar-refractivity contribution in [1.82, 2.24) is 10.1 Å². The minimum absolute atomic E-state index is 0.0767. The number of nitrogens with zero attached hydrogens (tertiary/aromatic N) is 2. The minimum atomic E-state index is -0.147. The number of hydrogen-bond donors (Lipinski definition) is 1. The Balaban J connectivity index is 1.48. The molecular weight excluding hydrogens is 334 g/mol. The first-order valence-electron chi connectivity index (χ1n) is 9.05. The van der Waals surface area contributed by atoms with E-state index in [-0.39, 0.29) is 12.1 Å². The lowest BCUT2D eigenvalue weighted by molar-refractivity contribution is 0.171. The second-order valence-electron chi connectivity index (χ2n) is 6.95. The Morgan fingerprint density at radius 2 is 2.04 bits per heavy atom. The summed E-state index contributed by atoms with van der Waals surface area (Å²) in [5, 5.41) is 7.08. The molecule has 0 bridgehead atoms. The molecule has 2 aliphatic heterocycles.